The summed E-state index contributed by atoms with van der Waals surface area (Å²) in [6.45, 7) is 3.57. The van der Waals surface area contributed by atoms with Crippen molar-refractivity contribution in [3.8, 4) is 5.75 Å². The van der Waals surface area contributed by atoms with E-state index in [0.29, 0.717) is 54.3 Å². The van der Waals surface area contributed by atoms with Crippen molar-refractivity contribution in [3.05, 3.63) is 65.2 Å². The number of benzene rings is 1. The Morgan fingerprint density at radius 1 is 0.921 bits per heavy atom. The van der Waals surface area contributed by atoms with Gasteiger partial charge in [0, 0.05) is 38.1 Å². The topological polar surface area (TPSA) is 93.3 Å². The molecule has 0 bridgehead atoms. The van der Waals surface area contributed by atoms with Crippen LogP contribution in [0.2, 0.25) is 5.02 Å². The van der Waals surface area contributed by atoms with Crippen LogP contribution >= 0.6 is 11.6 Å². The number of anilines is 2. The van der Waals surface area contributed by atoms with E-state index in [4.69, 9.17) is 22.1 Å². The van der Waals surface area contributed by atoms with Crippen LogP contribution in [0.1, 0.15) is 43.6 Å². The Hall–Kier alpha value is -3.11. The van der Waals surface area contributed by atoms with Crippen LogP contribution in [0.3, 0.4) is 0 Å². The summed E-state index contributed by atoms with van der Waals surface area (Å²) in [4.78, 5) is 21.7. The van der Waals surface area contributed by atoms with Gasteiger partial charge in [0.1, 0.15) is 11.6 Å². The van der Waals surface area contributed by atoms with Gasteiger partial charge in [0.25, 0.3) is 0 Å². The number of rotatable bonds is 8. The molecule has 2 aromatic heterocycles. The maximum Gasteiger partial charge on any atom is 0.225 e. The van der Waals surface area contributed by atoms with Gasteiger partial charge in [-0.1, -0.05) is 11.6 Å². The van der Waals surface area contributed by atoms with Gasteiger partial charge in [-0.2, -0.15) is 0 Å². The minimum Gasteiger partial charge on any atom is -0.490 e. The number of piperidine rings is 2. The van der Waals surface area contributed by atoms with Crippen LogP contribution in [0.4, 0.5) is 20.7 Å². The molecule has 2 aliphatic rings. The SMILES string of the molecule is N[C@H]1CN(c2ncc(OCCCC3CCN(c4ncc(Cl)cn4)CC3)cn2)CC[C@@H]1c1cc(F)ccc1F. The van der Waals surface area contributed by atoms with E-state index < -0.39 is 11.6 Å². The van der Waals surface area contributed by atoms with Crippen LogP contribution in [-0.2, 0) is 0 Å². The second-order valence-corrected chi connectivity index (χ2v) is 10.4. The number of nitrogens with zero attached hydrogens (tertiary/aromatic N) is 6. The van der Waals surface area contributed by atoms with Gasteiger partial charge in [-0.15, -0.1) is 0 Å². The normalized spacial score (nSPS) is 20.5. The minimum atomic E-state index is -0.454. The number of aromatic nitrogens is 4. The van der Waals surface area contributed by atoms with E-state index in [2.05, 4.69) is 24.8 Å². The largest absolute Gasteiger partial charge is 0.490 e. The van der Waals surface area contributed by atoms with Crippen molar-refractivity contribution >= 4 is 23.5 Å². The molecule has 11 heteroatoms. The molecule has 2 atom stereocenters. The standard InChI is InChI=1S/C27H32ClF2N7O/c28-19-13-32-26(33-14-19)36-8-5-18(6-9-36)2-1-11-38-21-15-34-27(35-16-21)37-10-7-22(25(31)17-37)23-12-20(29)3-4-24(23)30/h3-4,12-16,18,22,25H,1-2,5-11,17,31H2/t22-,25+/m1/s1. The van der Waals surface area contributed by atoms with E-state index in [0.717, 1.165) is 56.9 Å². The fourth-order valence-corrected chi connectivity index (χ4v) is 5.45. The Morgan fingerprint density at radius 3 is 2.29 bits per heavy atom. The summed E-state index contributed by atoms with van der Waals surface area (Å²) in [7, 11) is 0. The molecule has 0 saturated carbocycles. The molecule has 0 aliphatic carbocycles. The van der Waals surface area contributed by atoms with Gasteiger partial charge in [-0.3, -0.25) is 0 Å². The molecule has 2 aliphatic heterocycles. The van der Waals surface area contributed by atoms with Gasteiger partial charge < -0.3 is 20.3 Å². The van der Waals surface area contributed by atoms with E-state index in [1.54, 1.807) is 24.8 Å². The number of nitrogens with two attached hydrogens (primary N) is 1. The predicted octanol–water partition coefficient (Wildman–Crippen LogP) is 4.60. The summed E-state index contributed by atoms with van der Waals surface area (Å²) in [5.41, 5.74) is 6.68. The third kappa shape index (κ3) is 6.47. The lowest BCUT2D eigenvalue weighted by atomic mass is 9.85. The van der Waals surface area contributed by atoms with Crippen molar-refractivity contribution in [2.24, 2.45) is 11.7 Å². The predicted molar refractivity (Wildman–Crippen MR) is 143 cm³/mol. The van der Waals surface area contributed by atoms with Crippen LogP contribution in [0, 0.1) is 17.6 Å². The van der Waals surface area contributed by atoms with Gasteiger partial charge in [0.2, 0.25) is 11.9 Å². The molecule has 5 rings (SSSR count). The van der Waals surface area contributed by atoms with E-state index in [-0.39, 0.29) is 12.0 Å². The molecular weight excluding hydrogens is 512 g/mol. The summed E-state index contributed by atoms with van der Waals surface area (Å²) in [6, 6.07) is 3.17. The van der Waals surface area contributed by atoms with Crippen molar-refractivity contribution in [3.63, 3.8) is 0 Å². The lowest BCUT2D eigenvalue weighted by Gasteiger charge is -2.37. The minimum absolute atomic E-state index is 0.248. The average molecular weight is 544 g/mol. The number of hydrogen-bond acceptors (Lipinski definition) is 8. The lowest BCUT2D eigenvalue weighted by molar-refractivity contribution is 0.277. The highest BCUT2D eigenvalue weighted by Crippen LogP contribution is 2.31. The van der Waals surface area contributed by atoms with Crippen molar-refractivity contribution in [2.45, 2.75) is 44.1 Å². The molecule has 0 radical (unpaired) electrons. The number of hydrogen-bond donors (Lipinski definition) is 1. The highest BCUT2D eigenvalue weighted by molar-refractivity contribution is 6.30. The Labute approximate surface area is 226 Å². The highest BCUT2D eigenvalue weighted by Gasteiger charge is 2.31. The average Bonchev–Trinajstić information content (AvgIpc) is 2.94. The maximum absolute atomic E-state index is 14.2. The van der Waals surface area contributed by atoms with Gasteiger partial charge in [0.15, 0.2) is 5.75 Å². The summed E-state index contributed by atoms with van der Waals surface area (Å²) < 4.78 is 33.7. The first-order valence-electron chi connectivity index (χ1n) is 13.1. The zero-order valence-electron chi connectivity index (χ0n) is 21.1. The molecule has 3 aromatic rings. The van der Waals surface area contributed by atoms with Crippen molar-refractivity contribution in [1.29, 1.82) is 0 Å². The highest BCUT2D eigenvalue weighted by atomic mass is 35.5. The monoisotopic (exact) mass is 543 g/mol. The third-order valence-corrected chi connectivity index (χ3v) is 7.64. The Morgan fingerprint density at radius 2 is 1.58 bits per heavy atom. The van der Waals surface area contributed by atoms with E-state index in [1.807, 2.05) is 4.90 Å². The van der Waals surface area contributed by atoms with Gasteiger partial charge in [0.05, 0.1) is 36.4 Å². The molecule has 0 amide bonds. The molecule has 0 unspecified atom stereocenters. The first-order valence-corrected chi connectivity index (χ1v) is 13.5. The smallest absolute Gasteiger partial charge is 0.225 e. The van der Waals surface area contributed by atoms with Gasteiger partial charge in [-0.05, 0) is 61.8 Å². The summed E-state index contributed by atoms with van der Waals surface area (Å²) >= 11 is 5.88. The van der Waals surface area contributed by atoms with Crippen LogP contribution in [0.25, 0.3) is 0 Å². The molecule has 38 heavy (non-hydrogen) atoms. The summed E-state index contributed by atoms with van der Waals surface area (Å²) in [6.07, 6.45) is 11.5. The summed E-state index contributed by atoms with van der Waals surface area (Å²) in [5, 5.41) is 0.549. The van der Waals surface area contributed by atoms with Crippen molar-refractivity contribution in [1.82, 2.24) is 19.9 Å². The first kappa shape index (κ1) is 26.5. The molecular formula is C27H32ClF2N7O. The first-order chi connectivity index (χ1) is 18.5. The van der Waals surface area contributed by atoms with Crippen LogP contribution in [0.15, 0.2) is 43.0 Å². The van der Waals surface area contributed by atoms with Crippen LogP contribution in [-0.4, -0.2) is 58.8 Å². The zero-order chi connectivity index (χ0) is 26.5. The second-order valence-electron chi connectivity index (χ2n) is 10.0. The van der Waals surface area contributed by atoms with Crippen LogP contribution < -0.4 is 20.3 Å². The zero-order valence-corrected chi connectivity index (χ0v) is 21.9. The molecule has 4 heterocycles. The van der Waals surface area contributed by atoms with E-state index in [9.17, 15) is 8.78 Å². The Kier molecular flexibility index (Phi) is 8.48. The molecule has 2 saturated heterocycles. The maximum atomic E-state index is 14.2. The quantitative estimate of drug-likeness (QED) is 0.412. The Bertz CT molecular complexity index is 1190. The Balaban J connectivity index is 1.03. The second kappa shape index (κ2) is 12.2. The molecule has 2 fully saturated rings. The lowest BCUT2D eigenvalue weighted by Crippen LogP contribution is -2.48. The molecule has 1 aromatic carbocycles. The molecule has 0 spiro atoms. The van der Waals surface area contributed by atoms with Crippen molar-refractivity contribution < 1.29 is 13.5 Å². The van der Waals surface area contributed by atoms with Gasteiger partial charge in [-0.25, -0.2) is 28.7 Å². The van der Waals surface area contributed by atoms with Crippen molar-refractivity contribution in [2.75, 3.05) is 42.6 Å². The third-order valence-electron chi connectivity index (χ3n) is 7.44. The van der Waals surface area contributed by atoms with Gasteiger partial charge >= 0.3 is 0 Å². The molecule has 202 valence electrons. The number of halogens is 3. The molecule has 2 N–H and O–H groups in total. The number of ether oxygens (including phenoxy) is 1. The fraction of sp³-hybridized carbons (Fsp3) is 0.481. The summed E-state index contributed by atoms with van der Waals surface area (Å²) in [5.74, 6) is 1.47. The van der Waals surface area contributed by atoms with Crippen LogP contribution in [0.5, 0.6) is 5.75 Å². The van der Waals surface area contributed by atoms with E-state index >= 15 is 0 Å². The molecule has 8 nitrogen and oxygen atoms in total. The fourth-order valence-electron chi connectivity index (χ4n) is 5.35. The van der Waals surface area contributed by atoms with E-state index in [1.165, 1.54) is 6.07 Å².